The van der Waals surface area contributed by atoms with Gasteiger partial charge in [-0.25, -0.2) is 4.99 Å². The molecule has 0 aliphatic carbocycles. The molecule has 0 radical (unpaired) electrons. The monoisotopic (exact) mass is 447 g/mol. The quantitative estimate of drug-likeness (QED) is 0.342. The van der Waals surface area contributed by atoms with Gasteiger partial charge in [-0.1, -0.05) is 12.1 Å². The number of carbonyl (C=O) groups is 2. The van der Waals surface area contributed by atoms with Crippen LogP contribution in [0.15, 0.2) is 29.3 Å². The van der Waals surface area contributed by atoms with Crippen LogP contribution in [0.5, 0.6) is 0 Å². The second-order valence-corrected chi connectivity index (χ2v) is 5.11. The molecule has 1 aromatic carbocycles. The Morgan fingerprint density at radius 1 is 1.12 bits per heavy atom. The molecular weight excluding hydrogens is 421 g/mol. The van der Waals surface area contributed by atoms with Gasteiger partial charge in [-0.2, -0.15) is 0 Å². The Labute approximate surface area is 160 Å². The van der Waals surface area contributed by atoms with Gasteiger partial charge in [0.1, 0.15) is 0 Å². The second-order valence-electron chi connectivity index (χ2n) is 5.11. The number of amides is 2. The van der Waals surface area contributed by atoms with Crippen LogP contribution in [0.25, 0.3) is 0 Å². The molecule has 7 nitrogen and oxygen atoms in total. The van der Waals surface area contributed by atoms with Crippen LogP contribution in [0.1, 0.15) is 22.8 Å². The summed E-state index contributed by atoms with van der Waals surface area (Å²) in [6.45, 7) is 3.31. The molecule has 1 aromatic rings. The zero-order chi connectivity index (χ0) is 17.2. The average molecular weight is 447 g/mol. The summed E-state index contributed by atoms with van der Waals surface area (Å²) in [5, 5.41) is 8.67. The molecule has 3 N–H and O–H groups in total. The normalized spacial score (nSPS) is 10.4. The van der Waals surface area contributed by atoms with Gasteiger partial charge in [-0.3, -0.25) is 9.59 Å². The van der Waals surface area contributed by atoms with E-state index in [0.29, 0.717) is 24.6 Å². The predicted octanol–water partition coefficient (Wildman–Crippen LogP) is 0.807. The lowest BCUT2D eigenvalue weighted by atomic mass is 10.1. The number of benzene rings is 1. The summed E-state index contributed by atoms with van der Waals surface area (Å²) in [5.41, 5.74) is 1.59. The fourth-order valence-corrected chi connectivity index (χ4v) is 1.74. The van der Waals surface area contributed by atoms with E-state index in [1.54, 1.807) is 33.3 Å². The number of hydrogen-bond donors (Lipinski definition) is 3. The van der Waals surface area contributed by atoms with Crippen molar-refractivity contribution in [1.29, 1.82) is 0 Å². The van der Waals surface area contributed by atoms with Crippen molar-refractivity contribution >= 4 is 41.8 Å². The minimum Gasteiger partial charge on any atom is -0.357 e. The van der Waals surface area contributed by atoms with Gasteiger partial charge in [0.2, 0.25) is 5.91 Å². The van der Waals surface area contributed by atoms with Gasteiger partial charge in [-0.15, -0.1) is 24.0 Å². The van der Waals surface area contributed by atoms with Gasteiger partial charge in [0, 0.05) is 33.3 Å². The average Bonchev–Trinajstić information content (AvgIpc) is 2.56. The molecular formula is C16H26IN5O2. The van der Waals surface area contributed by atoms with Crippen LogP contribution < -0.4 is 16.0 Å². The lowest BCUT2D eigenvalue weighted by Gasteiger charge is -2.14. The Bertz CT molecular complexity index is 558. The van der Waals surface area contributed by atoms with Crippen LogP contribution in [0, 0.1) is 0 Å². The van der Waals surface area contributed by atoms with Crippen LogP contribution in [0.4, 0.5) is 0 Å². The summed E-state index contributed by atoms with van der Waals surface area (Å²) in [6, 6.07) is 7.25. The van der Waals surface area contributed by atoms with Gasteiger partial charge in [-0.05, 0) is 24.6 Å². The van der Waals surface area contributed by atoms with Crippen molar-refractivity contribution in [2.24, 2.45) is 4.99 Å². The zero-order valence-electron chi connectivity index (χ0n) is 14.5. The SMILES string of the molecule is CCNC(=NCc1ccc(C(=O)NC)cc1)NCC(=O)N(C)C.I. The van der Waals surface area contributed by atoms with Crippen molar-refractivity contribution in [1.82, 2.24) is 20.9 Å². The lowest BCUT2D eigenvalue weighted by Crippen LogP contribution is -2.42. The maximum Gasteiger partial charge on any atom is 0.251 e. The third-order valence-corrected chi connectivity index (χ3v) is 3.11. The van der Waals surface area contributed by atoms with Crippen LogP contribution in [-0.4, -0.2) is 56.9 Å². The number of nitrogens with one attached hydrogen (secondary N) is 3. The molecule has 8 heteroatoms. The molecule has 2 amide bonds. The van der Waals surface area contributed by atoms with E-state index in [1.165, 1.54) is 4.90 Å². The molecule has 0 saturated carbocycles. The molecule has 134 valence electrons. The first-order chi connectivity index (χ1) is 11.0. The Kier molecular flexibility index (Phi) is 10.8. The maximum atomic E-state index is 11.6. The highest BCUT2D eigenvalue weighted by Gasteiger charge is 2.05. The molecule has 0 aliphatic heterocycles. The predicted molar refractivity (Wildman–Crippen MR) is 107 cm³/mol. The van der Waals surface area contributed by atoms with Crippen molar-refractivity contribution < 1.29 is 9.59 Å². The summed E-state index contributed by atoms with van der Waals surface area (Å²) in [4.78, 5) is 29.0. The molecule has 0 saturated heterocycles. The highest BCUT2D eigenvalue weighted by molar-refractivity contribution is 14.0. The zero-order valence-corrected chi connectivity index (χ0v) is 16.9. The largest absolute Gasteiger partial charge is 0.357 e. The minimum atomic E-state index is -0.114. The number of carbonyl (C=O) groups excluding carboxylic acids is 2. The molecule has 0 bridgehead atoms. The van der Waals surface area contributed by atoms with E-state index in [0.717, 1.165) is 5.56 Å². The van der Waals surface area contributed by atoms with Crippen molar-refractivity contribution in [2.75, 3.05) is 34.2 Å². The summed E-state index contributed by atoms with van der Waals surface area (Å²) in [7, 11) is 5.02. The molecule has 1 rings (SSSR count). The second kappa shape index (κ2) is 11.7. The highest BCUT2D eigenvalue weighted by atomic mass is 127. The maximum absolute atomic E-state index is 11.6. The summed E-state index contributed by atoms with van der Waals surface area (Å²) in [5.74, 6) is 0.445. The van der Waals surface area contributed by atoms with E-state index in [9.17, 15) is 9.59 Å². The third-order valence-electron chi connectivity index (χ3n) is 3.11. The van der Waals surface area contributed by atoms with Gasteiger partial charge in [0.15, 0.2) is 5.96 Å². The number of likely N-dealkylation sites (N-methyl/N-ethyl adjacent to an activating group) is 1. The molecule has 0 aromatic heterocycles. The van der Waals surface area contributed by atoms with E-state index >= 15 is 0 Å². The topological polar surface area (TPSA) is 85.8 Å². The Morgan fingerprint density at radius 3 is 2.25 bits per heavy atom. The van der Waals surface area contributed by atoms with Crippen molar-refractivity contribution in [2.45, 2.75) is 13.5 Å². The summed E-state index contributed by atoms with van der Waals surface area (Å²) in [6.07, 6.45) is 0. The third kappa shape index (κ3) is 7.62. The van der Waals surface area contributed by atoms with Crippen molar-refractivity contribution in [3.8, 4) is 0 Å². The first-order valence-electron chi connectivity index (χ1n) is 7.51. The molecule has 0 unspecified atom stereocenters. The molecule has 0 atom stereocenters. The standard InChI is InChI=1S/C16H25N5O2.HI/c1-5-18-16(20-11-14(22)21(3)4)19-10-12-6-8-13(9-7-12)15(23)17-2;/h6-9H,5,10-11H2,1-4H3,(H,17,23)(H2,18,19,20);1H. The lowest BCUT2D eigenvalue weighted by molar-refractivity contribution is -0.127. The molecule has 24 heavy (non-hydrogen) atoms. The Hall–Kier alpha value is -1.84. The van der Waals surface area contributed by atoms with E-state index < -0.39 is 0 Å². The molecule has 0 fully saturated rings. The number of rotatable bonds is 6. The number of aliphatic imine (C=N–C) groups is 1. The first-order valence-corrected chi connectivity index (χ1v) is 7.51. The van der Waals surface area contributed by atoms with Crippen molar-refractivity contribution in [3.63, 3.8) is 0 Å². The molecule has 0 spiro atoms. The van der Waals surface area contributed by atoms with E-state index in [-0.39, 0.29) is 42.3 Å². The van der Waals surface area contributed by atoms with Crippen LogP contribution in [0.3, 0.4) is 0 Å². The number of guanidine groups is 1. The fourth-order valence-electron chi connectivity index (χ4n) is 1.74. The molecule has 0 aliphatic rings. The number of nitrogens with zero attached hydrogens (tertiary/aromatic N) is 2. The fraction of sp³-hybridized carbons (Fsp3) is 0.438. The molecule has 0 heterocycles. The summed E-state index contributed by atoms with van der Waals surface area (Å²) >= 11 is 0. The van der Waals surface area contributed by atoms with E-state index in [1.807, 2.05) is 19.1 Å². The van der Waals surface area contributed by atoms with Gasteiger partial charge in [0.05, 0.1) is 13.1 Å². The smallest absolute Gasteiger partial charge is 0.251 e. The van der Waals surface area contributed by atoms with Crippen LogP contribution >= 0.6 is 24.0 Å². The van der Waals surface area contributed by atoms with E-state index in [2.05, 4.69) is 20.9 Å². The Morgan fingerprint density at radius 2 is 1.75 bits per heavy atom. The summed E-state index contributed by atoms with van der Waals surface area (Å²) < 4.78 is 0. The van der Waals surface area contributed by atoms with Crippen molar-refractivity contribution in [3.05, 3.63) is 35.4 Å². The van der Waals surface area contributed by atoms with Gasteiger partial charge in [0.25, 0.3) is 5.91 Å². The van der Waals surface area contributed by atoms with E-state index in [4.69, 9.17) is 0 Å². The Balaban J connectivity index is 0.00000529. The van der Waals surface area contributed by atoms with Gasteiger partial charge < -0.3 is 20.9 Å². The van der Waals surface area contributed by atoms with Gasteiger partial charge >= 0.3 is 0 Å². The minimum absolute atomic E-state index is 0. The first kappa shape index (κ1) is 22.2. The number of hydrogen-bond acceptors (Lipinski definition) is 3. The van der Waals surface area contributed by atoms with Crippen LogP contribution in [0.2, 0.25) is 0 Å². The number of halogens is 1. The highest BCUT2D eigenvalue weighted by Crippen LogP contribution is 2.05. The van der Waals surface area contributed by atoms with Crippen LogP contribution in [-0.2, 0) is 11.3 Å².